The lowest BCUT2D eigenvalue weighted by Crippen LogP contribution is -2.51. The number of fused-ring (bicyclic) bond motifs is 1. The predicted octanol–water partition coefficient (Wildman–Crippen LogP) is 3.10. The van der Waals surface area contributed by atoms with E-state index in [2.05, 4.69) is 10.6 Å². The summed E-state index contributed by atoms with van der Waals surface area (Å²) >= 11 is 0. The molecule has 0 saturated heterocycles. The number of rotatable bonds is 9. The Morgan fingerprint density at radius 3 is 2.31 bits per heavy atom. The molecule has 2 amide bonds. The van der Waals surface area contributed by atoms with Gasteiger partial charge in [0.25, 0.3) is 0 Å². The summed E-state index contributed by atoms with van der Waals surface area (Å²) in [6, 6.07) is 16.4. The maximum Gasteiger partial charge on any atom is 0.243 e. The van der Waals surface area contributed by atoms with Crippen LogP contribution < -0.4 is 15.5 Å². The van der Waals surface area contributed by atoms with Crippen molar-refractivity contribution in [2.45, 2.75) is 52.2 Å². The Hall–Kier alpha value is -2.99. The van der Waals surface area contributed by atoms with Gasteiger partial charge in [-0.2, -0.15) is 0 Å². The Balaban J connectivity index is 1.84. The second-order valence-corrected chi connectivity index (χ2v) is 8.79. The standard InChI is InChI=1S/C26H33N3O3/c1-17(2)21(15-24(30)18(3)27-4)26(32)29-22-13-9-8-12-20(22)14-23(29)25(31)28-16-19-10-6-5-7-11-19/h5-13,17-18,21,23,27H,14-16H2,1-4H3,(H,28,31)/t18-,21-,23-/m0/s1. The number of benzene rings is 2. The smallest absolute Gasteiger partial charge is 0.243 e. The van der Waals surface area contributed by atoms with Gasteiger partial charge in [0.1, 0.15) is 11.8 Å². The number of likely N-dealkylation sites (N-methyl/N-ethyl adjacent to an activating group) is 1. The Morgan fingerprint density at radius 2 is 1.66 bits per heavy atom. The molecule has 170 valence electrons. The number of Topliss-reactive ketones (excluding diaryl/α,β-unsaturated/α-hetero) is 1. The van der Waals surface area contributed by atoms with Gasteiger partial charge in [-0.3, -0.25) is 19.3 Å². The van der Waals surface area contributed by atoms with Gasteiger partial charge in [-0.15, -0.1) is 0 Å². The number of carbonyl (C=O) groups is 3. The molecule has 2 aromatic rings. The Kier molecular flexibility index (Phi) is 7.80. The minimum absolute atomic E-state index is 0.00267. The molecule has 0 spiro atoms. The van der Waals surface area contributed by atoms with Crippen LogP contribution >= 0.6 is 0 Å². The molecule has 3 atom stereocenters. The maximum absolute atomic E-state index is 13.8. The van der Waals surface area contributed by atoms with Gasteiger partial charge in [0.05, 0.1) is 6.04 Å². The van der Waals surface area contributed by atoms with Crippen LogP contribution in [0.3, 0.4) is 0 Å². The van der Waals surface area contributed by atoms with Gasteiger partial charge < -0.3 is 10.6 Å². The van der Waals surface area contributed by atoms with Crippen LogP contribution in [0.2, 0.25) is 0 Å². The predicted molar refractivity (Wildman–Crippen MR) is 126 cm³/mol. The molecule has 2 N–H and O–H groups in total. The summed E-state index contributed by atoms with van der Waals surface area (Å²) in [7, 11) is 1.73. The first kappa shape index (κ1) is 23.7. The van der Waals surface area contributed by atoms with E-state index in [0.29, 0.717) is 13.0 Å². The van der Waals surface area contributed by atoms with Gasteiger partial charge >= 0.3 is 0 Å². The molecule has 0 saturated carbocycles. The highest BCUT2D eigenvalue weighted by Gasteiger charge is 2.41. The number of carbonyl (C=O) groups excluding carboxylic acids is 3. The number of para-hydroxylation sites is 1. The highest BCUT2D eigenvalue weighted by Crippen LogP contribution is 2.35. The van der Waals surface area contributed by atoms with E-state index in [9.17, 15) is 14.4 Å². The fraction of sp³-hybridized carbons (Fsp3) is 0.423. The molecular formula is C26H33N3O3. The van der Waals surface area contributed by atoms with Crippen LogP contribution in [-0.2, 0) is 27.3 Å². The lowest BCUT2D eigenvalue weighted by atomic mass is 9.87. The van der Waals surface area contributed by atoms with Gasteiger partial charge in [-0.1, -0.05) is 62.4 Å². The molecule has 0 radical (unpaired) electrons. The van der Waals surface area contributed by atoms with Gasteiger partial charge in [-0.25, -0.2) is 0 Å². The van der Waals surface area contributed by atoms with Crippen molar-refractivity contribution in [3.63, 3.8) is 0 Å². The van der Waals surface area contributed by atoms with Crippen molar-refractivity contribution in [2.75, 3.05) is 11.9 Å². The van der Waals surface area contributed by atoms with Crippen molar-refractivity contribution >= 4 is 23.3 Å². The van der Waals surface area contributed by atoms with Crippen LogP contribution in [0.5, 0.6) is 0 Å². The van der Waals surface area contributed by atoms with Crippen LogP contribution in [0.1, 0.15) is 38.3 Å². The average molecular weight is 436 g/mol. The molecule has 0 fully saturated rings. The number of amides is 2. The van der Waals surface area contributed by atoms with Crippen LogP contribution in [0.25, 0.3) is 0 Å². The third-order valence-corrected chi connectivity index (χ3v) is 6.28. The zero-order valence-electron chi connectivity index (χ0n) is 19.3. The van der Waals surface area contributed by atoms with Gasteiger partial charge in [0.15, 0.2) is 0 Å². The van der Waals surface area contributed by atoms with Crippen molar-refractivity contribution in [3.05, 3.63) is 65.7 Å². The van der Waals surface area contributed by atoms with Crippen molar-refractivity contribution in [1.29, 1.82) is 0 Å². The summed E-state index contributed by atoms with van der Waals surface area (Å²) in [6.45, 7) is 6.11. The molecule has 1 aliphatic rings. The van der Waals surface area contributed by atoms with E-state index in [-0.39, 0.29) is 36.0 Å². The topological polar surface area (TPSA) is 78.5 Å². The highest BCUT2D eigenvalue weighted by molar-refractivity contribution is 6.05. The molecule has 1 heterocycles. The minimum Gasteiger partial charge on any atom is -0.350 e. The molecule has 2 aromatic carbocycles. The molecule has 0 unspecified atom stereocenters. The average Bonchev–Trinajstić information content (AvgIpc) is 3.20. The maximum atomic E-state index is 13.8. The molecule has 6 heteroatoms. The lowest BCUT2D eigenvalue weighted by Gasteiger charge is -2.31. The summed E-state index contributed by atoms with van der Waals surface area (Å²) in [5.41, 5.74) is 2.73. The largest absolute Gasteiger partial charge is 0.350 e. The van der Waals surface area contributed by atoms with Crippen molar-refractivity contribution in [2.24, 2.45) is 11.8 Å². The van der Waals surface area contributed by atoms with E-state index >= 15 is 0 Å². The van der Waals surface area contributed by atoms with Crippen LogP contribution in [0.4, 0.5) is 5.69 Å². The van der Waals surface area contributed by atoms with Gasteiger partial charge in [0, 0.05) is 31.0 Å². The fourth-order valence-corrected chi connectivity index (χ4v) is 4.11. The highest BCUT2D eigenvalue weighted by atomic mass is 16.2. The third-order valence-electron chi connectivity index (χ3n) is 6.28. The SMILES string of the molecule is CN[C@@H](C)C(=O)C[C@H](C(=O)N1c2ccccc2C[C@H]1C(=O)NCc1ccccc1)C(C)C. The van der Waals surface area contributed by atoms with Crippen molar-refractivity contribution < 1.29 is 14.4 Å². The number of ketones is 1. The van der Waals surface area contributed by atoms with Gasteiger partial charge in [0.2, 0.25) is 11.8 Å². The minimum atomic E-state index is -0.623. The number of nitrogens with one attached hydrogen (secondary N) is 2. The van der Waals surface area contributed by atoms with Crippen LogP contribution in [0, 0.1) is 11.8 Å². The summed E-state index contributed by atoms with van der Waals surface area (Å²) < 4.78 is 0. The summed E-state index contributed by atoms with van der Waals surface area (Å²) in [5, 5.41) is 5.94. The molecule has 6 nitrogen and oxygen atoms in total. The Morgan fingerprint density at radius 1 is 1.00 bits per heavy atom. The number of anilines is 1. The lowest BCUT2D eigenvalue weighted by molar-refractivity contribution is -0.131. The fourth-order valence-electron chi connectivity index (χ4n) is 4.11. The number of nitrogens with zero attached hydrogens (tertiary/aromatic N) is 1. The molecule has 1 aliphatic heterocycles. The van der Waals surface area contributed by atoms with E-state index in [1.165, 1.54) is 0 Å². The first-order chi connectivity index (χ1) is 15.3. The Labute approximate surface area is 190 Å². The monoisotopic (exact) mass is 435 g/mol. The zero-order chi connectivity index (χ0) is 23.3. The molecular weight excluding hydrogens is 402 g/mol. The first-order valence-electron chi connectivity index (χ1n) is 11.3. The molecule has 32 heavy (non-hydrogen) atoms. The van der Waals surface area contributed by atoms with Crippen molar-refractivity contribution in [3.8, 4) is 0 Å². The quantitative estimate of drug-likeness (QED) is 0.634. The van der Waals surface area contributed by atoms with Crippen LogP contribution in [0.15, 0.2) is 54.6 Å². The summed E-state index contributed by atoms with van der Waals surface area (Å²) in [6.07, 6.45) is 0.615. The second kappa shape index (κ2) is 10.6. The van der Waals surface area contributed by atoms with Crippen LogP contribution in [-0.4, -0.2) is 36.7 Å². The molecule has 0 bridgehead atoms. The normalized spacial score (nSPS) is 17.0. The third kappa shape index (κ3) is 5.25. The van der Waals surface area contributed by atoms with E-state index < -0.39 is 12.0 Å². The summed E-state index contributed by atoms with van der Waals surface area (Å²) in [5.74, 6) is -0.875. The van der Waals surface area contributed by atoms with E-state index in [1.54, 1.807) is 18.9 Å². The van der Waals surface area contributed by atoms with E-state index in [0.717, 1.165) is 16.8 Å². The summed E-state index contributed by atoms with van der Waals surface area (Å²) in [4.78, 5) is 41.2. The number of hydrogen-bond acceptors (Lipinski definition) is 4. The van der Waals surface area contributed by atoms with Crippen molar-refractivity contribution in [1.82, 2.24) is 10.6 Å². The second-order valence-electron chi connectivity index (χ2n) is 8.79. The first-order valence-corrected chi connectivity index (χ1v) is 11.3. The van der Waals surface area contributed by atoms with E-state index in [4.69, 9.17) is 0 Å². The van der Waals surface area contributed by atoms with Gasteiger partial charge in [-0.05, 0) is 37.1 Å². The Bertz CT molecular complexity index is 958. The number of hydrogen-bond donors (Lipinski definition) is 2. The molecule has 0 aliphatic carbocycles. The molecule has 0 aromatic heterocycles. The zero-order valence-corrected chi connectivity index (χ0v) is 19.3. The van der Waals surface area contributed by atoms with E-state index in [1.807, 2.05) is 68.4 Å². The molecule has 3 rings (SSSR count).